The van der Waals surface area contributed by atoms with Crippen LogP contribution in [0.25, 0.3) is 6.08 Å². The second-order valence-corrected chi connectivity index (χ2v) is 6.06. The smallest absolute Gasteiger partial charge is 0.322 e. The Bertz CT molecular complexity index is 531. The van der Waals surface area contributed by atoms with Gasteiger partial charge in [-0.1, -0.05) is 42.5 Å². The third-order valence-electron chi connectivity index (χ3n) is 2.87. The van der Waals surface area contributed by atoms with E-state index in [9.17, 15) is 14.7 Å². The van der Waals surface area contributed by atoms with Crippen molar-refractivity contribution in [3.8, 4) is 0 Å². The van der Waals surface area contributed by atoms with Gasteiger partial charge >= 0.3 is 11.9 Å². The lowest BCUT2D eigenvalue weighted by Crippen LogP contribution is -2.43. The molecule has 0 saturated heterocycles. The van der Waals surface area contributed by atoms with Crippen LogP contribution in [0.4, 0.5) is 0 Å². The molecule has 0 heterocycles. The number of nitrogens with two attached hydrogens (primary N) is 1. The largest absolute Gasteiger partial charge is 0.481 e. The molecule has 0 amide bonds. The standard InChI is InChI=1S/C17H23NO4/c1-17(2,3)22-16(21)14(15(19)20)13(18)11-7-10-12-8-5-4-6-9-12/h4-10,13-14H,11,18H2,1-3H3,(H,19,20)/b10-7-/t13-,14-/m0/s1. The molecule has 5 nitrogen and oxygen atoms in total. The van der Waals surface area contributed by atoms with Crippen LogP contribution in [0, 0.1) is 5.92 Å². The third kappa shape index (κ3) is 6.10. The van der Waals surface area contributed by atoms with E-state index in [0.717, 1.165) is 5.56 Å². The van der Waals surface area contributed by atoms with E-state index in [2.05, 4.69) is 0 Å². The topological polar surface area (TPSA) is 89.6 Å². The molecule has 0 fully saturated rings. The summed E-state index contributed by atoms with van der Waals surface area (Å²) < 4.78 is 5.12. The van der Waals surface area contributed by atoms with Gasteiger partial charge in [0, 0.05) is 6.04 Å². The SMILES string of the molecule is CC(C)(C)OC(=O)[C@H](C(=O)O)[C@@H](N)C/C=C\c1ccccc1. The van der Waals surface area contributed by atoms with Gasteiger partial charge < -0.3 is 15.6 Å². The van der Waals surface area contributed by atoms with E-state index in [1.165, 1.54) is 0 Å². The van der Waals surface area contributed by atoms with Crippen LogP contribution in [0.3, 0.4) is 0 Å². The molecular weight excluding hydrogens is 282 g/mol. The Kier molecular flexibility index (Phi) is 6.31. The molecule has 3 N–H and O–H groups in total. The quantitative estimate of drug-likeness (QED) is 0.622. The Hall–Kier alpha value is -2.14. The van der Waals surface area contributed by atoms with Crippen LogP contribution in [0.15, 0.2) is 36.4 Å². The average Bonchev–Trinajstić information content (AvgIpc) is 2.37. The number of ether oxygens (including phenoxy) is 1. The summed E-state index contributed by atoms with van der Waals surface area (Å²) in [7, 11) is 0. The van der Waals surface area contributed by atoms with Crippen molar-refractivity contribution in [2.45, 2.75) is 38.8 Å². The second-order valence-electron chi connectivity index (χ2n) is 6.06. The van der Waals surface area contributed by atoms with E-state index < -0.39 is 29.5 Å². The van der Waals surface area contributed by atoms with Gasteiger partial charge in [0.1, 0.15) is 5.60 Å². The fraction of sp³-hybridized carbons (Fsp3) is 0.412. The molecule has 1 aromatic carbocycles. The number of hydrogen-bond acceptors (Lipinski definition) is 4. The van der Waals surface area contributed by atoms with E-state index in [1.807, 2.05) is 36.4 Å². The second kappa shape index (κ2) is 7.75. The zero-order chi connectivity index (χ0) is 16.8. The molecular formula is C17H23NO4. The van der Waals surface area contributed by atoms with Gasteiger partial charge in [0.05, 0.1) is 0 Å². The maximum Gasteiger partial charge on any atom is 0.322 e. The maximum absolute atomic E-state index is 12.0. The number of carboxylic acids is 1. The highest BCUT2D eigenvalue weighted by Crippen LogP contribution is 2.16. The van der Waals surface area contributed by atoms with Gasteiger partial charge in [0.15, 0.2) is 5.92 Å². The van der Waals surface area contributed by atoms with Crippen LogP contribution < -0.4 is 5.73 Å². The van der Waals surface area contributed by atoms with E-state index in [-0.39, 0.29) is 6.42 Å². The monoisotopic (exact) mass is 305 g/mol. The molecule has 0 aliphatic heterocycles. The van der Waals surface area contributed by atoms with Gasteiger partial charge in [-0.25, -0.2) is 0 Å². The molecule has 5 heteroatoms. The lowest BCUT2D eigenvalue weighted by molar-refractivity contribution is -0.167. The fourth-order valence-electron chi connectivity index (χ4n) is 1.89. The van der Waals surface area contributed by atoms with Crippen LogP contribution in [-0.2, 0) is 14.3 Å². The van der Waals surface area contributed by atoms with Gasteiger partial charge in [-0.3, -0.25) is 9.59 Å². The first-order valence-corrected chi connectivity index (χ1v) is 7.13. The summed E-state index contributed by atoms with van der Waals surface area (Å²) in [5.41, 5.74) is 6.11. The normalized spacial score (nSPS) is 14.5. The highest BCUT2D eigenvalue weighted by Gasteiger charge is 2.35. The minimum Gasteiger partial charge on any atom is -0.481 e. The number of carbonyl (C=O) groups excluding carboxylic acids is 1. The first-order chi connectivity index (χ1) is 10.2. The molecule has 22 heavy (non-hydrogen) atoms. The first-order valence-electron chi connectivity index (χ1n) is 7.13. The molecule has 1 aromatic rings. The Morgan fingerprint density at radius 2 is 1.86 bits per heavy atom. The lowest BCUT2D eigenvalue weighted by Gasteiger charge is -2.24. The molecule has 0 aliphatic carbocycles. The number of hydrogen-bond donors (Lipinski definition) is 2. The Labute approximate surface area is 130 Å². The van der Waals surface area contributed by atoms with Crippen molar-refractivity contribution in [3.63, 3.8) is 0 Å². The van der Waals surface area contributed by atoms with Crippen LogP contribution in [-0.4, -0.2) is 28.7 Å². The highest BCUT2D eigenvalue weighted by molar-refractivity contribution is 5.95. The van der Waals surface area contributed by atoms with Crippen LogP contribution >= 0.6 is 0 Å². The molecule has 0 saturated carbocycles. The van der Waals surface area contributed by atoms with Crippen LogP contribution in [0.5, 0.6) is 0 Å². The Balaban J connectivity index is 2.69. The lowest BCUT2D eigenvalue weighted by atomic mass is 9.97. The summed E-state index contributed by atoms with van der Waals surface area (Å²) >= 11 is 0. The van der Waals surface area contributed by atoms with Gasteiger partial charge in [-0.15, -0.1) is 0 Å². The molecule has 2 atom stereocenters. The van der Waals surface area contributed by atoms with Gasteiger partial charge in [0.2, 0.25) is 0 Å². The van der Waals surface area contributed by atoms with E-state index in [0.29, 0.717) is 0 Å². The molecule has 0 spiro atoms. The van der Waals surface area contributed by atoms with E-state index >= 15 is 0 Å². The van der Waals surface area contributed by atoms with Gasteiger partial charge in [-0.2, -0.15) is 0 Å². The molecule has 0 aliphatic rings. The van der Waals surface area contributed by atoms with E-state index in [1.54, 1.807) is 26.8 Å². The number of carbonyl (C=O) groups is 2. The summed E-state index contributed by atoms with van der Waals surface area (Å²) in [6.07, 6.45) is 3.87. The minimum atomic E-state index is -1.38. The van der Waals surface area contributed by atoms with Crippen molar-refractivity contribution < 1.29 is 19.4 Å². The van der Waals surface area contributed by atoms with Crippen molar-refractivity contribution in [1.82, 2.24) is 0 Å². The molecule has 0 radical (unpaired) electrons. The number of aliphatic carboxylic acids is 1. The summed E-state index contributed by atoms with van der Waals surface area (Å²) in [5.74, 6) is -3.45. The van der Waals surface area contributed by atoms with Crippen molar-refractivity contribution in [2.24, 2.45) is 11.7 Å². The van der Waals surface area contributed by atoms with Crippen molar-refractivity contribution in [2.75, 3.05) is 0 Å². The summed E-state index contributed by atoms with van der Waals surface area (Å²) in [4.78, 5) is 23.3. The third-order valence-corrected chi connectivity index (χ3v) is 2.87. The number of benzene rings is 1. The predicted molar refractivity (Wildman–Crippen MR) is 85.0 cm³/mol. The van der Waals surface area contributed by atoms with E-state index in [4.69, 9.17) is 10.5 Å². The summed E-state index contributed by atoms with van der Waals surface area (Å²) in [6, 6.07) is 8.72. The maximum atomic E-state index is 12.0. The Morgan fingerprint density at radius 3 is 2.36 bits per heavy atom. The zero-order valence-electron chi connectivity index (χ0n) is 13.2. The number of rotatable bonds is 6. The average molecular weight is 305 g/mol. The van der Waals surface area contributed by atoms with Crippen LogP contribution in [0.2, 0.25) is 0 Å². The fourth-order valence-corrected chi connectivity index (χ4v) is 1.89. The predicted octanol–water partition coefficient (Wildman–Crippen LogP) is 2.46. The van der Waals surface area contributed by atoms with Crippen molar-refractivity contribution in [3.05, 3.63) is 42.0 Å². The Morgan fingerprint density at radius 1 is 1.27 bits per heavy atom. The minimum absolute atomic E-state index is 0.269. The van der Waals surface area contributed by atoms with Gasteiger partial charge in [-0.05, 0) is 32.8 Å². The van der Waals surface area contributed by atoms with Crippen molar-refractivity contribution >= 4 is 18.0 Å². The summed E-state index contributed by atoms with van der Waals surface area (Å²) in [6.45, 7) is 5.06. The molecule has 120 valence electrons. The van der Waals surface area contributed by atoms with Gasteiger partial charge in [0.25, 0.3) is 0 Å². The zero-order valence-corrected chi connectivity index (χ0v) is 13.2. The van der Waals surface area contributed by atoms with Crippen LogP contribution in [0.1, 0.15) is 32.8 Å². The molecule has 0 bridgehead atoms. The van der Waals surface area contributed by atoms with Crippen molar-refractivity contribution in [1.29, 1.82) is 0 Å². The summed E-state index contributed by atoms with van der Waals surface area (Å²) in [5, 5.41) is 9.22. The number of carboxylic acid groups (broad SMARTS) is 1. The molecule has 0 aromatic heterocycles. The first kappa shape index (κ1) is 17.9. The highest BCUT2D eigenvalue weighted by atomic mass is 16.6. The number of esters is 1. The molecule has 0 unspecified atom stereocenters. The molecule has 1 rings (SSSR count).